The first-order valence-corrected chi connectivity index (χ1v) is 3.87. The Morgan fingerprint density at radius 2 is 2.55 bits per heavy atom. The van der Waals surface area contributed by atoms with E-state index in [0.717, 1.165) is 19.5 Å². The van der Waals surface area contributed by atoms with E-state index in [-0.39, 0.29) is 6.10 Å². The average Bonchev–Trinajstić information content (AvgIpc) is 2.35. The molecule has 1 rings (SSSR count). The highest BCUT2D eigenvalue weighted by Crippen LogP contribution is 2.14. The summed E-state index contributed by atoms with van der Waals surface area (Å²) in [5.41, 5.74) is 4.88. The van der Waals surface area contributed by atoms with Crippen LogP contribution in [0.25, 0.3) is 0 Å². The molecular formula is C7H14N2O2. The summed E-state index contributed by atoms with van der Waals surface area (Å²) in [6.45, 7) is 3.81. The summed E-state index contributed by atoms with van der Waals surface area (Å²) in [6.07, 6.45) is 0.334. The number of carbonyl (C=O) groups is 1. The maximum atomic E-state index is 10.3. The van der Waals surface area contributed by atoms with E-state index >= 15 is 0 Å². The van der Waals surface area contributed by atoms with Crippen LogP contribution >= 0.6 is 0 Å². The standard InChI is InChI=1S/C7H14N2O2/c1-5(11-7(8)10)6-2-3-9-4-6/h5-6,9H,2-4H2,1H3,(H2,8,10)/t5-,6?/m0/s1. The van der Waals surface area contributed by atoms with Gasteiger partial charge in [-0.05, 0) is 19.9 Å². The lowest BCUT2D eigenvalue weighted by atomic mass is 10.0. The molecule has 64 valence electrons. The largest absolute Gasteiger partial charge is 0.446 e. The van der Waals surface area contributed by atoms with Crippen molar-refractivity contribution in [2.24, 2.45) is 11.7 Å². The molecule has 2 atom stereocenters. The van der Waals surface area contributed by atoms with Crippen LogP contribution in [0.1, 0.15) is 13.3 Å². The third-order valence-corrected chi connectivity index (χ3v) is 2.06. The van der Waals surface area contributed by atoms with E-state index in [1.807, 2.05) is 6.92 Å². The molecule has 0 bridgehead atoms. The zero-order valence-corrected chi connectivity index (χ0v) is 6.67. The Bertz CT molecular complexity index is 143. The summed E-state index contributed by atoms with van der Waals surface area (Å²) < 4.78 is 4.83. The summed E-state index contributed by atoms with van der Waals surface area (Å²) in [5.74, 6) is 0.433. The van der Waals surface area contributed by atoms with E-state index < -0.39 is 6.09 Å². The molecule has 0 aliphatic carbocycles. The van der Waals surface area contributed by atoms with Crippen LogP contribution in [-0.2, 0) is 4.74 Å². The number of amides is 1. The maximum Gasteiger partial charge on any atom is 0.404 e. The molecule has 1 aliphatic rings. The number of nitrogens with two attached hydrogens (primary N) is 1. The third kappa shape index (κ3) is 2.38. The molecule has 1 unspecified atom stereocenters. The Morgan fingerprint density at radius 3 is 3.00 bits per heavy atom. The van der Waals surface area contributed by atoms with Gasteiger partial charge in [0.05, 0.1) is 0 Å². The Balaban J connectivity index is 2.28. The van der Waals surface area contributed by atoms with Gasteiger partial charge in [0.2, 0.25) is 0 Å². The third-order valence-electron chi connectivity index (χ3n) is 2.06. The minimum absolute atomic E-state index is 0.0532. The number of rotatable bonds is 2. The van der Waals surface area contributed by atoms with E-state index in [1.165, 1.54) is 0 Å². The second-order valence-corrected chi connectivity index (χ2v) is 2.89. The van der Waals surface area contributed by atoms with Crippen LogP contribution in [0.2, 0.25) is 0 Å². The molecule has 1 aliphatic heterocycles. The number of primary amides is 1. The zero-order valence-electron chi connectivity index (χ0n) is 6.67. The van der Waals surface area contributed by atoms with Crippen molar-refractivity contribution in [3.8, 4) is 0 Å². The molecule has 0 radical (unpaired) electrons. The van der Waals surface area contributed by atoms with Crippen LogP contribution in [0.3, 0.4) is 0 Å². The molecule has 0 spiro atoms. The molecule has 1 fully saturated rings. The van der Waals surface area contributed by atoms with Crippen LogP contribution in [0.15, 0.2) is 0 Å². The highest BCUT2D eigenvalue weighted by Gasteiger charge is 2.23. The summed E-state index contributed by atoms with van der Waals surface area (Å²) >= 11 is 0. The number of hydrogen-bond donors (Lipinski definition) is 2. The highest BCUT2D eigenvalue weighted by molar-refractivity contribution is 5.64. The van der Waals surface area contributed by atoms with Gasteiger partial charge >= 0.3 is 6.09 Å². The van der Waals surface area contributed by atoms with Gasteiger partial charge in [0, 0.05) is 12.5 Å². The van der Waals surface area contributed by atoms with Crippen molar-refractivity contribution >= 4 is 6.09 Å². The minimum Gasteiger partial charge on any atom is -0.446 e. The van der Waals surface area contributed by atoms with Gasteiger partial charge in [-0.25, -0.2) is 4.79 Å². The quantitative estimate of drug-likeness (QED) is 0.598. The lowest BCUT2D eigenvalue weighted by molar-refractivity contribution is 0.0855. The summed E-state index contributed by atoms with van der Waals surface area (Å²) in [4.78, 5) is 10.3. The molecule has 3 N–H and O–H groups in total. The van der Waals surface area contributed by atoms with Crippen molar-refractivity contribution in [3.05, 3.63) is 0 Å². The van der Waals surface area contributed by atoms with Gasteiger partial charge in [0.1, 0.15) is 6.10 Å². The number of hydrogen-bond acceptors (Lipinski definition) is 3. The van der Waals surface area contributed by atoms with Gasteiger partial charge < -0.3 is 15.8 Å². The molecule has 0 aromatic carbocycles. The molecule has 0 aromatic heterocycles. The fourth-order valence-electron chi connectivity index (χ4n) is 1.36. The molecule has 1 heterocycles. The van der Waals surface area contributed by atoms with Crippen LogP contribution in [-0.4, -0.2) is 25.3 Å². The van der Waals surface area contributed by atoms with Crippen molar-refractivity contribution in [2.75, 3.05) is 13.1 Å². The fourth-order valence-corrected chi connectivity index (χ4v) is 1.36. The maximum absolute atomic E-state index is 10.3. The molecule has 0 saturated carbocycles. The SMILES string of the molecule is C[C@H](OC(N)=O)C1CCNC1. The van der Waals surface area contributed by atoms with Gasteiger partial charge in [-0.15, -0.1) is 0 Å². The van der Waals surface area contributed by atoms with Gasteiger partial charge in [-0.2, -0.15) is 0 Å². The first kappa shape index (κ1) is 8.33. The monoisotopic (exact) mass is 158 g/mol. The van der Waals surface area contributed by atoms with E-state index in [4.69, 9.17) is 10.5 Å². The predicted octanol–water partition coefficient (Wildman–Crippen LogP) is 0.0797. The summed E-state index contributed by atoms with van der Waals surface area (Å²) in [7, 11) is 0. The molecular weight excluding hydrogens is 144 g/mol. The van der Waals surface area contributed by atoms with Crippen molar-refractivity contribution in [3.63, 3.8) is 0 Å². The number of carbonyl (C=O) groups excluding carboxylic acids is 1. The van der Waals surface area contributed by atoms with Crippen molar-refractivity contribution in [1.29, 1.82) is 0 Å². The highest BCUT2D eigenvalue weighted by atomic mass is 16.6. The normalized spacial score (nSPS) is 26.5. The van der Waals surface area contributed by atoms with Crippen LogP contribution in [0.5, 0.6) is 0 Å². The van der Waals surface area contributed by atoms with Crippen molar-refractivity contribution in [2.45, 2.75) is 19.4 Å². The predicted molar refractivity (Wildman–Crippen MR) is 41.1 cm³/mol. The molecule has 1 amide bonds. The Labute approximate surface area is 66.1 Å². The van der Waals surface area contributed by atoms with Gasteiger partial charge in [0.15, 0.2) is 0 Å². The smallest absolute Gasteiger partial charge is 0.404 e. The molecule has 1 saturated heterocycles. The van der Waals surface area contributed by atoms with Crippen molar-refractivity contribution in [1.82, 2.24) is 5.32 Å². The number of nitrogens with one attached hydrogen (secondary N) is 1. The first-order chi connectivity index (χ1) is 5.20. The van der Waals surface area contributed by atoms with E-state index in [9.17, 15) is 4.79 Å². The Hall–Kier alpha value is -0.770. The molecule has 4 nitrogen and oxygen atoms in total. The van der Waals surface area contributed by atoms with Gasteiger partial charge in [-0.3, -0.25) is 0 Å². The lowest BCUT2D eigenvalue weighted by Gasteiger charge is -2.16. The van der Waals surface area contributed by atoms with Gasteiger partial charge in [-0.1, -0.05) is 0 Å². The van der Waals surface area contributed by atoms with E-state index in [0.29, 0.717) is 5.92 Å². The second kappa shape index (κ2) is 3.57. The van der Waals surface area contributed by atoms with E-state index in [1.54, 1.807) is 0 Å². The fraction of sp³-hybridized carbons (Fsp3) is 0.857. The zero-order chi connectivity index (χ0) is 8.27. The van der Waals surface area contributed by atoms with E-state index in [2.05, 4.69) is 5.32 Å². The second-order valence-electron chi connectivity index (χ2n) is 2.89. The van der Waals surface area contributed by atoms with Crippen molar-refractivity contribution < 1.29 is 9.53 Å². The van der Waals surface area contributed by atoms with Crippen LogP contribution < -0.4 is 11.1 Å². The molecule has 11 heavy (non-hydrogen) atoms. The molecule has 4 heteroatoms. The van der Waals surface area contributed by atoms with Gasteiger partial charge in [0.25, 0.3) is 0 Å². The summed E-state index contributed by atoms with van der Waals surface area (Å²) in [6, 6.07) is 0. The van der Waals surface area contributed by atoms with Crippen LogP contribution in [0.4, 0.5) is 4.79 Å². The summed E-state index contributed by atoms with van der Waals surface area (Å²) in [5, 5.41) is 3.19. The molecule has 0 aromatic rings. The van der Waals surface area contributed by atoms with Crippen LogP contribution in [0, 0.1) is 5.92 Å². The Morgan fingerprint density at radius 1 is 1.82 bits per heavy atom. The number of ether oxygens (including phenoxy) is 1. The topological polar surface area (TPSA) is 64.3 Å². The minimum atomic E-state index is -0.676. The Kier molecular flexibility index (Phi) is 2.70. The first-order valence-electron chi connectivity index (χ1n) is 3.87. The lowest BCUT2D eigenvalue weighted by Crippen LogP contribution is -2.28. The average molecular weight is 158 g/mol.